The summed E-state index contributed by atoms with van der Waals surface area (Å²) in [5.41, 5.74) is 0.509. The fourth-order valence-electron chi connectivity index (χ4n) is 1.55. The van der Waals surface area contributed by atoms with Crippen molar-refractivity contribution in [1.82, 2.24) is 10.3 Å². The first-order valence-electron chi connectivity index (χ1n) is 5.94. The molecular formula is C13H9ClN4O3S. The normalized spacial score (nSPS) is 9.86. The van der Waals surface area contributed by atoms with Crippen molar-refractivity contribution in [3.8, 4) is 0 Å². The number of thiocarbonyl (C=S) groups is 1. The van der Waals surface area contributed by atoms with Crippen LogP contribution in [-0.2, 0) is 0 Å². The zero-order chi connectivity index (χ0) is 16.1. The van der Waals surface area contributed by atoms with E-state index in [4.69, 9.17) is 23.8 Å². The zero-order valence-corrected chi connectivity index (χ0v) is 12.5. The molecule has 0 radical (unpaired) electrons. The lowest BCUT2D eigenvalue weighted by Crippen LogP contribution is -2.34. The third-order valence-corrected chi connectivity index (χ3v) is 2.96. The van der Waals surface area contributed by atoms with Crippen molar-refractivity contribution in [2.24, 2.45) is 0 Å². The number of carbonyl (C=O) groups excluding carboxylic acids is 1. The van der Waals surface area contributed by atoms with Gasteiger partial charge in [-0.3, -0.25) is 20.2 Å². The van der Waals surface area contributed by atoms with Gasteiger partial charge in [-0.1, -0.05) is 17.7 Å². The van der Waals surface area contributed by atoms with E-state index in [1.807, 2.05) is 0 Å². The summed E-state index contributed by atoms with van der Waals surface area (Å²) in [7, 11) is 0. The second kappa shape index (κ2) is 6.92. The molecule has 9 heteroatoms. The molecule has 0 unspecified atom stereocenters. The molecule has 1 heterocycles. The summed E-state index contributed by atoms with van der Waals surface area (Å²) >= 11 is 10.6. The van der Waals surface area contributed by atoms with Crippen molar-refractivity contribution in [3.63, 3.8) is 0 Å². The Hall–Kier alpha value is -2.58. The molecule has 1 aromatic carbocycles. The van der Waals surface area contributed by atoms with E-state index in [0.717, 1.165) is 0 Å². The number of halogens is 1. The number of carbonyl (C=O) groups is 1. The van der Waals surface area contributed by atoms with Crippen LogP contribution in [-0.4, -0.2) is 20.9 Å². The van der Waals surface area contributed by atoms with Crippen LogP contribution in [0.3, 0.4) is 0 Å². The first kappa shape index (κ1) is 15.8. The number of nitro groups is 1. The molecule has 0 saturated heterocycles. The average Bonchev–Trinajstić information content (AvgIpc) is 2.49. The van der Waals surface area contributed by atoms with Crippen molar-refractivity contribution in [2.75, 3.05) is 5.32 Å². The quantitative estimate of drug-likeness (QED) is 0.387. The number of non-ortho nitro benzene ring substituents is 1. The summed E-state index contributed by atoms with van der Waals surface area (Å²) in [5.74, 6) is -0.553. The van der Waals surface area contributed by atoms with Gasteiger partial charge in [0.1, 0.15) is 5.15 Å². The van der Waals surface area contributed by atoms with E-state index in [1.54, 1.807) is 12.1 Å². The summed E-state index contributed by atoms with van der Waals surface area (Å²) < 4.78 is 0. The van der Waals surface area contributed by atoms with Gasteiger partial charge in [-0.25, -0.2) is 4.98 Å². The Labute approximate surface area is 135 Å². The van der Waals surface area contributed by atoms with Crippen LogP contribution in [0.25, 0.3) is 0 Å². The number of nitrogens with one attached hydrogen (secondary N) is 2. The maximum atomic E-state index is 12.0. The number of anilines is 1. The number of hydrogen-bond acceptors (Lipinski definition) is 5. The van der Waals surface area contributed by atoms with Gasteiger partial charge in [-0.2, -0.15) is 0 Å². The van der Waals surface area contributed by atoms with E-state index in [1.165, 1.54) is 30.5 Å². The Morgan fingerprint density at radius 3 is 2.73 bits per heavy atom. The molecule has 2 rings (SSSR count). The predicted molar refractivity (Wildman–Crippen MR) is 86.0 cm³/mol. The highest BCUT2D eigenvalue weighted by atomic mass is 35.5. The van der Waals surface area contributed by atoms with Crippen LogP contribution in [0.5, 0.6) is 0 Å². The number of amides is 1. The molecule has 0 atom stereocenters. The van der Waals surface area contributed by atoms with Crippen LogP contribution in [0.4, 0.5) is 11.4 Å². The summed E-state index contributed by atoms with van der Waals surface area (Å²) in [5, 5.41) is 16.2. The number of nitrogens with zero attached hydrogens (tertiary/aromatic N) is 2. The Balaban J connectivity index is 2.02. The van der Waals surface area contributed by atoms with E-state index in [-0.39, 0.29) is 16.4 Å². The third-order valence-electron chi connectivity index (χ3n) is 2.53. The molecule has 22 heavy (non-hydrogen) atoms. The van der Waals surface area contributed by atoms with Gasteiger partial charge in [0.15, 0.2) is 5.11 Å². The number of hydrogen-bond donors (Lipinski definition) is 2. The minimum absolute atomic E-state index is 0.0422. The van der Waals surface area contributed by atoms with Gasteiger partial charge < -0.3 is 5.32 Å². The predicted octanol–water partition coefficient (Wildman–Crippen LogP) is 2.77. The van der Waals surface area contributed by atoms with Crippen molar-refractivity contribution >= 4 is 46.2 Å². The molecule has 7 nitrogen and oxygen atoms in total. The summed E-state index contributed by atoms with van der Waals surface area (Å²) in [6, 6.07) is 8.55. The smallest absolute Gasteiger partial charge is 0.270 e. The molecule has 1 aromatic heterocycles. The first-order chi connectivity index (χ1) is 10.5. The molecule has 0 spiro atoms. The number of benzene rings is 1. The second-order valence-electron chi connectivity index (χ2n) is 4.09. The van der Waals surface area contributed by atoms with E-state index in [9.17, 15) is 14.9 Å². The summed E-state index contributed by atoms with van der Waals surface area (Å²) in [4.78, 5) is 25.9. The number of nitro benzene ring substituents is 1. The first-order valence-corrected chi connectivity index (χ1v) is 6.72. The minimum atomic E-state index is -0.577. The van der Waals surface area contributed by atoms with E-state index < -0.39 is 10.8 Å². The fourth-order valence-corrected chi connectivity index (χ4v) is 1.87. The van der Waals surface area contributed by atoms with Gasteiger partial charge in [0.05, 0.1) is 16.8 Å². The molecule has 2 N–H and O–H groups in total. The molecule has 0 fully saturated rings. The molecule has 0 aliphatic carbocycles. The highest BCUT2D eigenvalue weighted by molar-refractivity contribution is 7.80. The van der Waals surface area contributed by atoms with Crippen LogP contribution in [0.1, 0.15) is 10.4 Å². The highest BCUT2D eigenvalue weighted by Gasteiger charge is 2.12. The van der Waals surface area contributed by atoms with Gasteiger partial charge in [0.25, 0.3) is 11.6 Å². The number of aromatic nitrogens is 1. The van der Waals surface area contributed by atoms with Crippen LogP contribution in [0, 0.1) is 10.1 Å². The van der Waals surface area contributed by atoms with Crippen LogP contribution < -0.4 is 10.6 Å². The lowest BCUT2D eigenvalue weighted by molar-refractivity contribution is -0.384. The summed E-state index contributed by atoms with van der Waals surface area (Å²) in [6.45, 7) is 0. The Kier molecular flexibility index (Phi) is 4.97. The Morgan fingerprint density at radius 2 is 2.09 bits per heavy atom. The Bertz CT molecular complexity index is 736. The van der Waals surface area contributed by atoms with Crippen LogP contribution >= 0.6 is 23.8 Å². The number of pyridine rings is 1. The van der Waals surface area contributed by atoms with Crippen molar-refractivity contribution in [2.45, 2.75) is 0 Å². The topological polar surface area (TPSA) is 97.2 Å². The molecular weight excluding hydrogens is 328 g/mol. The fraction of sp³-hybridized carbons (Fsp3) is 0. The summed E-state index contributed by atoms with van der Waals surface area (Å²) in [6.07, 6.45) is 1.45. The third kappa shape index (κ3) is 4.21. The lowest BCUT2D eigenvalue weighted by Gasteiger charge is -2.09. The monoisotopic (exact) mass is 336 g/mol. The van der Waals surface area contributed by atoms with Gasteiger partial charge in [-0.05, 0) is 30.4 Å². The zero-order valence-electron chi connectivity index (χ0n) is 10.9. The van der Waals surface area contributed by atoms with Gasteiger partial charge >= 0.3 is 0 Å². The minimum Gasteiger partial charge on any atom is -0.331 e. The second-order valence-corrected chi connectivity index (χ2v) is 4.88. The SMILES string of the molecule is O=C(NC(=S)Nc1ccc(Cl)nc1)c1cccc([N+](=O)[O-])c1. The van der Waals surface area contributed by atoms with Crippen molar-refractivity contribution < 1.29 is 9.72 Å². The van der Waals surface area contributed by atoms with Crippen LogP contribution in [0.2, 0.25) is 5.15 Å². The number of rotatable bonds is 3. The van der Waals surface area contributed by atoms with E-state index in [2.05, 4.69) is 15.6 Å². The molecule has 0 bridgehead atoms. The maximum absolute atomic E-state index is 12.0. The van der Waals surface area contributed by atoms with Gasteiger partial charge in [-0.15, -0.1) is 0 Å². The largest absolute Gasteiger partial charge is 0.331 e. The van der Waals surface area contributed by atoms with E-state index in [0.29, 0.717) is 10.8 Å². The molecule has 0 aliphatic heterocycles. The lowest BCUT2D eigenvalue weighted by atomic mass is 10.2. The standard InChI is InChI=1S/C13H9ClN4O3S/c14-11-5-4-9(7-15-11)16-13(22)17-12(19)8-2-1-3-10(6-8)18(20)21/h1-7H,(H2,16,17,19,22). The van der Waals surface area contributed by atoms with E-state index >= 15 is 0 Å². The molecule has 0 saturated carbocycles. The molecule has 112 valence electrons. The van der Waals surface area contributed by atoms with Crippen molar-refractivity contribution in [1.29, 1.82) is 0 Å². The average molecular weight is 337 g/mol. The maximum Gasteiger partial charge on any atom is 0.270 e. The van der Waals surface area contributed by atoms with Crippen LogP contribution in [0.15, 0.2) is 42.6 Å². The van der Waals surface area contributed by atoms with Gasteiger partial charge in [0.2, 0.25) is 0 Å². The molecule has 0 aliphatic rings. The molecule has 2 aromatic rings. The highest BCUT2D eigenvalue weighted by Crippen LogP contribution is 2.13. The van der Waals surface area contributed by atoms with Crippen molar-refractivity contribution in [3.05, 3.63) is 63.4 Å². The van der Waals surface area contributed by atoms with Gasteiger partial charge in [0, 0.05) is 17.7 Å². The molecule has 1 amide bonds. The Morgan fingerprint density at radius 1 is 1.32 bits per heavy atom.